The highest BCUT2D eigenvalue weighted by Crippen LogP contribution is 2.26. The predicted octanol–water partition coefficient (Wildman–Crippen LogP) is 2.64. The van der Waals surface area contributed by atoms with Gasteiger partial charge >= 0.3 is 0 Å². The van der Waals surface area contributed by atoms with Crippen LogP contribution in [0.2, 0.25) is 0 Å². The van der Waals surface area contributed by atoms with E-state index in [1.165, 1.54) is 0 Å². The van der Waals surface area contributed by atoms with Crippen LogP contribution in [0.1, 0.15) is 24.0 Å². The number of thioether (sulfide) groups is 1. The molecule has 7 heteroatoms. The molecule has 118 valence electrons. The van der Waals surface area contributed by atoms with Crippen molar-refractivity contribution in [2.75, 3.05) is 18.1 Å². The highest BCUT2D eigenvalue weighted by atomic mass is 79.9. The van der Waals surface area contributed by atoms with Gasteiger partial charge in [-0.3, -0.25) is 0 Å². The van der Waals surface area contributed by atoms with Crippen molar-refractivity contribution in [1.29, 1.82) is 0 Å². The van der Waals surface area contributed by atoms with Crippen LogP contribution in [-0.2, 0) is 16.6 Å². The zero-order valence-corrected chi connectivity index (χ0v) is 15.3. The van der Waals surface area contributed by atoms with Crippen molar-refractivity contribution in [3.8, 4) is 0 Å². The summed E-state index contributed by atoms with van der Waals surface area (Å²) >= 11 is 5.35. The number of hydrogen-bond donors (Lipinski definition) is 2. The lowest BCUT2D eigenvalue weighted by Crippen LogP contribution is -2.31. The molecule has 0 saturated carbocycles. The van der Waals surface area contributed by atoms with Gasteiger partial charge in [0.2, 0.25) is 10.0 Å². The van der Waals surface area contributed by atoms with Crippen LogP contribution < -0.4 is 10.5 Å². The summed E-state index contributed by atoms with van der Waals surface area (Å²) in [6.45, 7) is 2.64. The Morgan fingerprint density at radius 1 is 1.38 bits per heavy atom. The Labute approximate surface area is 139 Å². The van der Waals surface area contributed by atoms with Gasteiger partial charge in [0.25, 0.3) is 0 Å². The first-order chi connectivity index (χ1) is 9.94. The van der Waals surface area contributed by atoms with Crippen molar-refractivity contribution in [3.63, 3.8) is 0 Å². The van der Waals surface area contributed by atoms with E-state index in [1.54, 1.807) is 13.0 Å². The predicted molar refractivity (Wildman–Crippen MR) is 92.0 cm³/mol. The van der Waals surface area contributed by atoms with Crippen LogP contribution in [0.15, 0.2) is 21.5 Å². The number of rotatable bonds is 5. The standard InChI is InChI=1S/C14H21BrN2O2S2/c1-10-13(15)6-12(8-16)7-14(10)21(18,19)17-9-11-2-4-20-5-3-11/h6-7,11,17H,2-5,8-9,16H2,1H3. The van der Waals surface area contributed by atoms with E-state index in [-0.39, 0.29) is 0 Å². The van der Waals surface area contributed by atoms with E-state index in [0.717, 1.165) is 39.9 Å². The van der Waals surface area contributed by atoms with Gasteiger partial charge in [0.1, 0.15) is 0 Å². The number of benzene rings is 1. The van der Waals surface area contributed by atoms with Crippen LogP contribution in [0.5, 0.6) is 0 Å². The molecule has 0 unspecified atom stereocenters. The third kappa shape index (κ3) is 4.45. The monoisotopic (exact) mass is 392 g/mol. The Bertz CT molecular complexity index is 599. The van der Waals surface area contributed by atoms with Gasteiger partial charge in [-0.2, -0.15) is 11.8 Å². The van der Waals surface area contributed by atoms with Crippen molar-refractivity contribution >= 4 is 37.7 Å². The normalized spacial score (nSPS) is 17.1. The minimum atomic E-state index is -3.49. The summed E-state index contributed by atoms with van der Waals surface area (Å²) in [6.07, 6.45) is 2.16. The average Bonchev–Trinajstić information content (AvgIpc) is 2.48. The number of nitrogens with one attached hydrogen (secondary N) is 1. The summed E-state index contributed by atoms with van der Waals surface area (Å²) in [5.41, 5.74) is 7.16. The number of sulfonamides is 1. The zero-order chi connectivity index (χ0) is 15.5. The summed E-state index contributed by atoms with van der Waals surface area (Å²) < 4.78 is 28.6. The molecule has 1 saturated heterocycles. The van der Waals surface area contributed by atoms with E-state index < -0.39 is 10.0 Å². The number of halogens is 1. The van der Waals surface area contributed by atoms with E-state index in [0.29, 0.717) is 23.9 Å². The maximum Gasteiger partial charge on any atom is 0.240 e. The molecule has 0 bridgehead atoms. The fourth-order valence-electron chi connectivity index (χ4n) is 2.36. The maximum atomic E-state index is 12.5. The first-order valence-electron chi connectivity index (χ1n) is 7.00. The van der Waals surface area contributed by atoms with Gasteiger partial charge in [-0.05, 0) is 60.4 Å². The number of hydrogen-bond acceptors (Lipinski definition) is 4. The second-order valence-corrected chi connectivity index (χ2v) is 9.13. The van der Waals surface area contributed by atoms with E-state index in [9.17, 15) is 8.42 Å². The molecule has 0 amide bonds. The first-order valence-corrected chi connectivity index (χ1v) is 10.4. The third-order valence-electron chi connectivity index (χ3n) is 3.78. The van der Waals surface area contributed by atoms with Crippen LogP contribution in [0, 0.1) is 12.8 Å². The Hall–Kier alpha value is -0.0800. The fourth-order valence-corrected chi connectivity index (χ4v) is 5.63. The molecule has 4 nitrogen and oxygen atoms in total. The molecule has 0 aliphatic carbocycles. The molecule has 1 aromatic carbocycles. The molecule has 3 N–H and O–H groups in total. The van der Waals surface area contributed by atoms with E-state index in [2.05, 4.69) is 20.7 Å². The van der Waals surface area contributed by atoms with Gasteiger partial charge in [0, 0.05) is 17.6 Å². The Kier molecular flexibility index (Phi) is 6.14. The largest absolute Gasteiger partial charge is 0.326 e. The second-order valence-electron chi connectivity index (χ2n) is 5.31. The highest BCUT2D eigenvalue weighted by molar-refractivity contribution is 9.10. The summed E-state index contributed by atoms with van der Waals surface area (Å²) in [7, 11) is -3.49. The molecule has 1 aliphatic heterocycles. The molecular formula is C14H21BrN2O2S2. The third-order valence-corrected chi connectivity index (χ3v) is 7.21. The molecule has 1 fully saturated rings. The van der Waals surface area contributed by atoms with Crippen LogP contribution in [-0.4, -0.2) is 26.5 Å². The van der Waals surface area contributed by atoms with Gasteiger partial charge in [0.15, 0.2) is 0 Å². The minimum absolute atomic E-state index is 0.321. The van der Waals surface area contributed by atoms with E-state index in [4.69, 9.17) is 5.73 Å². The van der Waals surface area contributed by atoms with Crippen molar-refractivity contribution in [1.82, 2.24) is 4.72 Å². The lowest BCUT2D eigenvalue weighted by molar-refractivity contribution is 0.476. The summed E-state index contributed by atoms with van der Waals surface area (Å²) in [5, 5.41) is 0. The van der Waals surface area contributed by atoms with Crippen molar-refractivity contribution in [2.45, 2.75) is 31.2 Å². The Morgan fingerprint density at radius 3 is 2.67 bits per heavy atom. The summed E-state index contributed by atoms with van der Waals surface area (Å²) in [6, 6.07) is 3.53. The Balaban J connectivity index is 2.16. The van der Waals surface area contributed by atoms with Gasteiger partial charge in [-0.25, -0.2) is 13.1 Å². The second kappa shape index (κ2) is 7.46. The quantitative estimate of drug-likeness (QED) is 0.807. The van der Waals surface area contributed by atoms with Crippen LogP contribution >= 0.6 is 27.7 Å². The molecule has 21 heavy (non-hydrogen) atoms. The van der Waals surface area contributed by atoms with Gasteiger partial charge in [0.05, 0.1) is 4.90 Å². The molecule has 1 aromatic rings. The van der Waals surface area contributed by atoms with Crippen LogP contribution in [0.25, 0.3) is 0 Å². The lowest BCUT2D eigenvalue weighted by Gasteiger charge is -2.22. The SMILES string of the molecule is Cc1c(Br)cc(CN)cc1S(=O)(=O)NCC1CCSCC1. The zero-order valence-electron chi connectivity index (χ0n) is 12.1. The van der Waals surface area contributed by atoms with Gasteiger partial charge < -0.3 is 5.73 Å². The van der Waals surface area contributed by atoms with Crippen molar-refractivity contribution in [2.24, 2.45) is 11.7 Å². The maximum absolute atomic E-state index is 12.5. The molecule has 2 rings (SSSR count). The molecule has 0 atom stereocenters. The fraction of sp³-hybridized carbons (Fsp3) is 0.571. The molecule has 1 heterocycles. The number of nitrogens with two attached hydrogens (primary N) is 1. The Morgan fingerprint density at radius 2 is 2.05 bits per heavy atom. The van der Waals surface area contributed by atoms with E-state index in [1.807, 2.05) is 17.8 Å². The smallest absolute Gasteiger partial charge is 0.240 e. The molecule has 0 spiro atoms. The average molecular weight is 393 g/mol. The topological polar surface area (TPSA) is 72.2 Å². The van der Waals surface area contributed by atoms with Crippen molar-refractivity contribution < 1.29 is 8.42 Å². The van der Waals surface area contributed by atoms with E-state index >= 15 is 0 Å². The summed E-state index contributed by atoms with van der Waals surface area (Å²) in [5.74, 6) is 2.70. The lowest BCUT2D eigenvalue weighted by atomic mass is 10.0. The molecule has 0 radical (unpaired) electrons. The first kappa shape index (κ1) is 17.3. The molecule has 0 aromatic heterocycles. The minimum Gasteiger partial charge on any atom is -0.326 e. The highest BCUT2D eigenvalue weighted by Gasteiger charge is 2.21. The molecule has 1 aliphatic rings. The van der Waals surface area contributed by atoms with Crippen LogP contribution in [0.3, 0.4) is 0 Å². The molecular weight excluding hydrogens is 372 g/mol. The van der Waals surface area contributed by atoms with Crippen molar-refractivity contribution in [3.05, 3.63) is 27.7 Å². The van der Waals surface area contributed by atoms with Gasteiger partial charge in [-0.15, -0.1) is 0 Å². The summed E-state index contributed by atoms with van der Waals surface area (Å²) in [4.78, 5) is 0.322. The van der Waals surface area contributed by atoms with Crippen LogP contribution in [0.4, 0.5) is 0 Å². The van der Waals surface area contributed by atoms with Gasteiger partial charge in [-0.1, -0.05) is 15.9 Å².